The van der Waals surface area contributed by atoms with Crippen molar-refractivity contribution in [1.82, 2.24) is 35.7 Å². The van der Waals surface area contributed by atoms with Crippen LogP contribution in [0.3, 0.4) is 0 Å². The van der Waals surface area contributed by atoms with Crippen molar-refractivity contribution in [2.45, 2.75) is 32.4 Å². The highest BCUT2D eigenvalue weighted by Gasteiger charge is 2.28. The zero-order valence-electron chi connectivity index (χ0n) is 24.8. The van der Waals surface area contributed by atoms with Gasteiger partial charge in [0.2, 0.25) is 17.7 Å². The highest BCUT2D eigenvalue weighted by atomic mass is 32.1. The number of amides is 4. The van der Waals surface area contributed by atoms with Gasteiger partial charge in [0.1, 0.15) is 23.0 Å². The number of rotatable bonds is 5. The van der Waals surface area contributed by atoms with Gasteiger partial charge in [-0.1, -0.05) is 44.2 Å². The summed E-state index contributed by atoms with van der Waals surface area (Å²) in [5, 5.41) is 11.0. The number of aromatic nitrogens is 2. The van der Waals surface area contributed by atoms with E-state index in [-0.39, 0.29) is 61.2 Å². The molecule has 4 heterocycles. The van der Waals surface area contributed by atoms with Gasteiger partial charge in [0.15, 0.2) is 5.69 Å². The van der Waals surface area contributed by atoms with Crippen LogP contribution in [0.15, 0.2) is 46.4 Å². The van der Waals surface area contributed by atoms with Gasteiger partial charge in [-0.25, -0.2) is 9.97 Å². The van der Waals surface area contributed by atoms with E-state index < -0.39 is 23.9 Å². The number of carbonyl (C=O) groups is 4. The van der Waals surface area contributed by atoms with Crippen molar-refractivity contribution >= 4 is 35.0 Å². The number of thiazole rings is 1. The van der Waals surface area contributed by atoms with Gasteiger partial charge in [-0.3, -0.25) is 24.1 Å². The van der Waals surface area contributed by atoms with Crippen molar-refractivity contribution in [3.05, 3.63) is 69.8 Å². The first-order chi connectivity index (χ1) is 21.3. The van der Waals surface area contributed by atoms with E-state index in [4.69, 9.17) is 9.15 Å². The highest BCUT2D eigenvalue weighted by Crippen LogP contribution is 2.26. The molecule has 14 heteroatoms. The lowest BCUT2D eigenvalue weighted by atomic mass is 10.0. The summed E-state index contributed by atoms with van der Waals surface area (Å²) in [6.07, 6.45) is 1.61. The first-order valence-electron chi connectivity index (χ1n) is 14.7. The van der Waals surface area contributed by atoms with Gasteiger partial charge in [-0.2, -0.15) is 0 Å². The fourth-order valence-electron chi connectivity index (χ4n) is 5.01. The quantitative estimate of drug-likeness (QED) is 0.384. The second-order valence-corrected chi connectivity index (χ2v) is 12.0. The topological polar surface area (TPSA) is 159 Å². The standard InChI is InChI=1S/C30H37N7O6S/c1-19(2)26-30-34-23(18-44-30)28(41)32-21(14-20-6-4-3-5-7-20)29-33-22(17-43-29)27(40)31-8-9-37(15-24(38)35-26)25(39)16-36-10-12-42-13-11-36/h3-7,17-19,21,26H,8-16H2,1-2H3,(H,31,40)(H,32,41)(H,35,38)/t21-,26-/m0/s1. The van der Waals surface area contributed by atoms with Gasteiger partial charge in [0, 0.05) is 38.0 Å². The number of ether oxygens (including phenoxy) is 1. The summed E-state index contributed by atoms with van der Waals surface area (Å²) < 4.78 is 11.1. The molecule has 2 aromatic heterocycles. The lowest BCUT2D eigenvalue weighted by Crippen LogP contribution is -2.50. The zero-order chi connectivity index (χ0) is 31.1. The molecule has 5 rings (SSSR count). The van der Waals surface area contributed by atoms with Crippen LogP contribution in [0.2, 0.25) is 0 Å². The maximum absolute atomic E-state index is 13.4. The molecular weight excluding hydrogens is 586 g/mol. The maximum Gasteiger partial charge on any atom is 0.273 e. The second kappa shape index (κ2) is 14.6. The molecule has 4 amide bonds. The summed E-state index contributed by atoms with van der Waals surface area (Å²) in [6.45, 7) is 6.38. The lowest BCUT2D eigenvalue weighted by Gasteiger charge is -2.30. The van der Waals surface area contributed by atoms with Gasteiger partial charge in [0.25, 0.3) is 11.8 Å². The molecule has 3 aromatic rings. The summed E-state index contributed by atoms with van der Waals surface area (Å²) >= 11 is 1.28. The first kappa shape index (κ1) is 31.3. The zero-order valence-corrected chi connectivity index (χ0v) is 25.6. The van der Waals surface area contributed by atoms with E-state index in [0.29, 0.717) is 37.7 Å². The molecule has 2 atom stereocenters. The summed E-state index contributed by atoms with van der Waals surface area (Å²) in [6, 6.07) is 8.40. The van der Waals surface area contributed by atoms with Crippen LogP contribution in [0.25, 0.3) is 0 Å². The molecule has 234 valence electrons. The number of oxazole rings is 1. The van der Waals surface area contributed by atoms with Gasteiger partial charge < -0.3 is 30.0 Å². The largest absolute Gasteiger partial charge is 0.446 e. The van der Waals surface area contributed by atoms with Crippen LogP contribution >= 0.6 is 11.3 Å². The Hall–Kier alpha value is -4.14. The molecule has 13 nitrogen and oxygen atoms in total. The van der Waals surface area contributed by atoms with Crippen molar-refractivity contribution < 1.29 is 28.3 Å². The smallest absolute Gasteiger partial charge is 0.273 e. The fourth-order valence-corrected chi connectivity index (χ4v) is 6.03. The molecule has 4 bridgehead atoms. The van der Waals surface area contributed by atoms with E-state index in [0.717, 1.165) is 5.56 Å². The van der Waals surface area contributed by atoms with Crippen LogP contribution in [-0.4, -0.2) is 95.9 Å². The lowest BCUT2D eigenvalue weighted by molar-refractivity contribution is -0.138. The minimum atomic E-state index is -0.676. The highest BCUT2D eigenvalue weighted by molar-refractivity contribution is 7.09. The molecule has 1 fully saturated rings. The predicted octanol–water partition coefficient (Wildman–Crippen LogP) is 1.56. The van der Waals surface area contributed by atoms with Gasteiger partial charge in [-0.05, 0) is 11.5 Å². The molecule has 1 saturated heterocycles. The fraction of sp³-hybridized carbons (Fsp3) is 0.467. The number of fused-ring (bicyclic) bond motifs is 4. The Morgan fingerprint density at radius 1 is 1.02 bits per heavy atom. The summed E-state index contributed by atoms with van der Waals surface area (Å²) in [5.41, 5.74) is 1.16. The minimum Gasteiger partial charge on any atom is -0.446 e. The SMILES string of the molecule is CC(C)[C@@H]1NC(=O)CN(C(=O)CN2CCOCC2)CCNC(=O)c2coc(n2)[C@H](Cc2ccccc2)NC(=O)c2csc1n2. The number of nitrogens with zero attached hydrogens (tertiary/aromatic N) is 4. The van der Waals surface area contributed by atoms with E-state index in [1.54, 1.807) is 5.38 Å². The Balaban J connectivity index is 1.42. The molecule has 0 radical (unpaired) electrons. The van der Waals surface area contributed by atoms with Crippen LogP contribution in [0.5, 0.6) is 0 Å². The second-order valence-electron chi connectivity index (χ2n) is 11.1. The minimum absolute atomic E-state index is 0.0353. The van der Waals surface area contributed by atoms with Crippen LogP contribution < -0.4 is 16.0 Å². The number of benzene rings is 1. The molecular formula is C30H37N7O6S. The normalized spacial score (nSPS) is 20.8. The number of morpholine rings is 1. The van der Waals surface area contributed by atoms with Crippen LogP contribution in [0.1, 0.15) is 63.4 Å². The van der Waals surface area contributed by atoms with E-state index in [2.05, 4.69) is 25.9 Å². The van der Waals surface area contributed by atoms with Crippen LogP contribution in [-0.2, 0) is 20.7 Å². The van der Waals surface area contributed by atoms with Crippen LogP contribution in [0.4, 0.5) is 0 Å². The third-order valence-corrected chi connectivity index (χ3v) is 8.39. The Labute approximate surface area is 259 Å². The van der Waals surface area contributed by atoms with Crippen molar-refractivity contribution in [3.63, 3.8) is 0 Å². The van der Waals surface area contributed by atoms with Crippen molar-refractivity contribution in [3.8, 4) is 0 Å². The van der Waals surface area contributed by atoms with Gasteiger partial charge in [-0.15, -0.1) is 11.3 Å². The van der Waals surface area contributed by atoms with Crippen molar-refractivity contribution in [1.29, 1.82) is 0 Å². The molecule has 2 aliphatic heterocycles. The first-order valence-corrected chi connectivity index (χ1v) is 15.6. The van der Waals surface area contributed by atoms with Gasteiger partial charge >= 0.3 is 0 Å². The number of carbonyl (C=O) groups excluding carboxylic acids is 4. The monoisotopic (exact) mass is 623 g/mol. The molecule has 1 aromatic carbocycles. The number of hydrogen-bond acceptors (Lipinski definition) is 10. The summed E-state index contributed by atoms with van der Waals surface area (Å²) in [4.78, 5) is 65.4. The molecule has 0 saturated carbocycles. The molecule has 3 N–H and O–H groups in total. The third kappa shape index (κ3) is 8.07. The molecule has 2 aliphatic rings. The average Bonchev–Trinajstić information content (AvgIpc) is 3.71. The summed E-state index contributed by atoms with van der Waals surface area (Å²) in [7, 11) is 0. The molecule has 0 aliphatic carbocycles. The van der Waals surface area contributed by atoms with Crippen molar-refractivity contribution in [2.24, 2.45) is 5.92 Å². The Morgan fingerprint density at radius 2 is 1.80 bits per heavy atom. The Morgan fingerprint density at radius 3 is 2.55 bits per heavy atom. The molecule has 44 heavy (non-hydrogen) atoms. The predicted molar refractivity (Wildman–Crippen MR) is 161 cm³/mol. The van der Waals surface area contributed by atoms with Crippen LogP contribution in [0, 0.1) is 5.92 Å². The summed E-state index contributed by atoms with van der Waals surface area (Å²) in [5.74, 6) is -1.39. The van der Waals surface area contributed by atoms with E-state index in [1.807, 2.05) is 49.1 Å². The third-order valence-electron chi connectivity index (χ3n) is 7.46. The van der Waals surface area contributed by atoms with Gasteiger partial charge in [0.05, 0.1) is 32.3 Å². The van der Waals surface area contributed by atoms with E-state index in [9.17, 15) is 19.2 Å². The number of hydrogen-bond donors (Lipinski definition) is 3. The molecule has 0 spiro atoms. The maximum atomic E-state index is 13.4. The van der Waals surface area contributed by atoms with E-state index >= 15 is 0 Å². The number of nitrogens with one attached hydrogen (secondary N) is 3. The molecule has 0 unspecified atom stereocenters. The Bertz CT molecular complexity index is 1450. The van der Waals surface area contributed by atoms with E-state index in [1.165, 1.54) is 22.5 Å². The average molecular weight is 624 g/mol. The van der Waals surface area contributed by atoms with Crippen molar-refractivity contribution in [2.75, 3.05) is 52.5 Å². The Kier molecular flexibility index (Phi) is 10.4.